The maximum Gasteiger partial charge on any atom is 0.258 e. The zero-order valence-corrected chi connectivity index (χ0v) is 13.3. The molecule has 0 saturated carbocycles. The number of rotatable bonds is 3. The number of benzene rings is 1. The summed E-state index contributed by atoms with van der Waals surface area (Å²) in [5.74, 6) is 0.684. The van der Waals surface area contributed by atoms with Gasteiger partial charge >= 0.3 is 0 Å². The van der Waals surface area contributed by atoms with Crippen molar-refractivity contribution < 1.29 is 0 Å². The molecule has 5 nitrogen and oxygen atoms in total. The van der Waals surface area contributed by atoms with Crippen LogP contribution >= 0.6 is 11.6 Å². The smallest absolute Gasteiger partial charge is 0.258 e. The molecule has 2 aromatic heterocycles. The average Bonchev–Trinajstić information content (AvgIpc) is 3.17. The van der Waals surface area contributed by atoms with Gasteiger partial charge in [-0.2, -0.15) is 0 Å². The summed E-state index contributed by atoms with van der Waals surface area (Å²) in [5.41, 5.74) is 1.75. The Morgan fingerprint density at radius 3 is 3.09 bits per heavy atom. The van der Waals surface area contributed by atoms with Crippen LogP contribution in [0.25, 0.3) is 10.9 Å². The normalized spacial score (nSPS) is 18.7. The molecular formula is C17H17ClN4O. The van der Waals surface area contributed by atoms with Crippen molar-refractivity contribution in [2.75, 3.05) is 6.54 Å². The van der Waals surface area contributed by atoms with Crippen molar-refractivity contribution in [3.8, 4) is 0 Å². The molecule has 1 fully saturated rings. The third-order valence-electron chi connectivity index (χ3n) is 4.42. The van der Waals surface area contributed by atoms with Gasteiger partial charge in [-0.25, -0.2) is 4.98 Å². The van der Waals surface area contributed by atoms with Gasteiger partial charge in [-0.1, -0.05) is 11.6 Å². The fourth-order valence-electron chi connectivity index (χ4n) is 3.35. The number of halogens is 1. The van der Waals surface area contributed by atoms with Gasteiger partial charge in [0.2, 0.25) is 0 Å². The average molecular weight is 329 g/mol. The van der Waals surface area contributed by atoms with E-state index in [0.717, 1.165) is 19.4 Å². The molecule has 1 saturated heterocycles. The quantitative estimate of drug-likeness (QED) is 0.775. The van der Waals surface area contributed by atoms with Crippen molar-refractivity contribution in [1.29, 1.82) is 0 Å². The molecule has 1 aromatic carbocycles. The van der Waals surface area contributed by atoms with E-state index < -0.39 is 0 Å². The summed E-state index contributed by atoms with van der Waals surface area (Å²) in [5, 5.41) is 1.16. The zero-order valence-electron chi connectivity index (χ0n) is 12.6. The maximum absolute atomic E-state index is 12.2. The Balaban J connectivity index is 1.66. The summed E-state index contributed by atoms with van der Waals surface area (Å²) < 4.78 is 0. The number of hydrogen-bond donors (Lipinski definition) is 2. The van der Waals surface area contributed by atoms with E-state index in [9.17, 15) is 4.79 Å². The molecule has 1 aliphatic heterocycles. The number of fused-ring (bicyclic) bond motifs is 1. The number of aromatic nitrogens is 3. The molecular weight excluding hydrogens is 312 g/mol. The first-order chi connectivity index (χ1) is 11.2. The molecule has 118 valence electrons. The Hall–Kier alpha value is -2.11. The lowest BCUT2D eigenvalue weighted by atomic mass is 10.1. The molecule has 2 N–H and O–H groups in total. The molecule has 3 heterocycles. The Bertz CT molecular complexity index is 887. The van der Waals surface area contributed by atoms with Gasteiger partial charge in [0.05, 0.1) is 23.5 Å². The lowest BCUT2D eigenvalue weighted by molar-refractivity contribution is 0.239. The highest BCUT2D eigenvalue weighted by atomic mass is 35.5. The topological polar surface area (TPSA) is 64.8 Å². The van der Waals surface area contributed by atoms with E-state index >= 15 is 0 Å². The van der Waals surface area contributed by atoms with Gasteiger partial charge in [0.25, 0.3) is 5.56 Å². The van der Waals surface area contributed by atoms with Gasteiger partial charge in [0.15, 0.2) is 0 Å². The predicted octanol–water partition coefficient (Wildman–Crippen LogP) is 3.24. The van der Waals surface area contributed by atoms with Crippen molar-refractivity contribution in [2.45, 2.75) is 25.4 Å². The van der Waals surface area contributed by atoms with Gasteiger partial charge < -0.3 is 9.97 Å². The number of likely N-dealkylation sites (tertiary alicyclic amines) is 1. The molecule has 3 aromatic rings. The van der Waals surface area contributed by atoms with Crippen molar-refractivity contribution in [1.82, 2.24) is 19.9 Å². The van der Waals surface area contributed by atoms with Gasteiger partial charge in [-0.05, 0) is 49.7 Å². The molecule has 1 aliphatic rings. The second kappa shape index (κ2) is 5.83. The fraction of sp³-hybridized carbons (Fsp3) is 0.294. The van der Waals surface area contributed by atoms with E-state index in [2.05, 4.69) is 25.9 Å². The number of aromatic amines is 2. The molecule has 1 atom stereocenters. The molecule has 0 spiro atoms. The summed E-state index contributed by atoms with van der Waals surface area (Å²) >= 11 is 6.02. The van der Waals surface area contributed by atoms with Crippen LogP contribution in [0.15, 0.2) is 41.3 Å². The van der Waals surface area contributed by atoms with Crippen molar-refractivity contribution in [2.24, 2.45) is 0 Å². The van der Waals surface area contributed by atoms with Crippen LogP contribution in [-0.4, -0.2) is 26.4 Å². The largest absolute Gasteiger partial charge is 0.364 e. The van der Waals surface area contributed by atoms with Crippen LogP contribution in [0.3, 0.4) is 0 Å². The number of H-pyrrole nitrogens is 2. The Labute approximate surface area is 138 Å². The minimum atomic E-state index is -0.114. The molecule has 4 rings (SSSR count). The van der Waals surface area contributed by atoms with Crippen LogP contribution in [0.4, 0.5) is 0 Å². The summed E-state index contributed by atoms with van der Waals surface area (Å²) in [7, 11) is 0. The maximum atomic E-state index is 12.2. The SMILES string of the molecule is O=c1[nH]c(CN2CCCC2c2ccc[nH]2)nc2cc(Cl)ccc12. The standard InChI is InChI=1S/C17H17ClN4O/c18-11-5-6-12-14(9-11)20-16(21-17(12)23)10-22-8-2-4-15(22)13-3-1-7-19-13/h1,3,5-7,9,15,19H,2,4,8,10H2,(H,20,21,23). The minimum absolute atomic E-state index is 0.114. The van der Waals surface area contributed by atoms with Gasteiger partial charge in [0, 0.05) is 16.9 Å². The number of hydrogen-bond acceptors (Lipinski definition) is 3. The fourth-order valence-corrected chi connectivity index (χ4v) is 3.51. The van der Waals surface area contributed by atoms with Gasteiger partial charge in [0.1, 0.15) is 5.82 Å². The van der Waals surface area contributed by atoms with Crippen molar-refractivity contribution in [3.63, 3.8) is 0 Å². The summed E-state index contributed by atoms with van der Waals surface area (Å²) in [6, 6.07) is 9.64. The number of nitrogens with zero attached hydrogens (tertiary/aromatic N) is 2. The molecule has 23 heavy (non-hydrogen) atoms. The first-order valence-electron chi connectivity index (χ1n) is 7.76. The number of nitrogens with one attached hydrogen (secondary N) is 2. The monoisotopic (exact) mass is 328 g/mol. The van der Waals surface area contributed by atoms with E-state index in [1.54, 1.807) is 18.2 Å². The lowest BCUT2D eigenvalue weighted by Crippen LogP contribution is -2.25. The van der Waals surface area contributed by atoms with Crippen LogP contribution in [-0.2, 0) is 6.54 Å². The zero-order chi connectivity index (χ0) is 15.8. The lowest BCUT2D eigenvalue weighted by Gasteiger charge is -2.23. The first-order valence-corrected chi connectivity index (χ1v) is 8.14. The van der Waals surface area contributed by atoms with E-state index in [-0.39, 0.29) is 5.56 Å². The van der Waals surface area contributed by atoms with Crippen molar-refractivity contribution in [3.05, 3.63) is 63.4 Å². The molecule has 0 aliphatic carbocycles. The Morgan fingerprint density at radius 1 is 1.35 bits per heavy atom. The minimum Gasteiger partial charge on any atom is -0.364 e. The van der Waals surface area contributed by atoms with Crippen LogP contribution in [0.1, 0.15) is 30.4 Å². The first kappa shape index (κ1) is 14.5. The molecule has 6 heteroatoms. The van der Waals surface area contributed by atoms with Crippen LogP contribution < -0.4 is 5.56 Å². The Morgan fingerprint density at radius 2 is 2.26 bits per heavy atom. The van der Waals surface area contributed by atoms with Crippen molar-refractivity contribution >= 4 is 22.5 Å². The summed E-state index contributed by atoms with van der Waals surface area (Å²) in [4.78, 5) is 25.4. The van der Waals surface area contributed by atoms with Gasteiger partial charge in [-0.3, -0.25) is 9.69 Å². The third kappa shape index (κ3) is 2.78. The highest BCUT2D eigenvalue weighted by Crippen LogP contribution is 2.31. The third-order valence-corrected chi connectivity index (χ3v) is 4.65. The van der Waals surface area contributed by atoms with E-state index in [1.807, 2.05) is 12.3 Å². The molecule has 0 amide bonds. The van der Waals surface area contributed by atoms with E-state index in [1.165, 1.54) is 5.69 Å². The summed E-state index contributed by atoms with van der Waals surface area (Å²) in [6.07, 6.45) is 4.21. The highest BCUT2D eigenvalue weighted by Gasteiger charge is 2.27. The van der Waals surface area contributed by atoms with Crippen LogP contribution in [0.2, 0.25) is 5.02 Å². The van der Waals surface area contributed by atoms with E-state index in [4.69, 9.17) is 11.6 Å². The molecule has 1 unspecified atom stereocenters. The highest BCUT2D eigenvalue weighted by molar-refractivity contribution is 6.31. The van der Waals surface area contributed by atoms with Crippen LogP contribution in [0, 0.1) is 0 Å². The second-order valence-corrected chi connectivity index (χ2v) is 6.36. The Kier molecular flexibility index (Phi) is 3.67. The van der Waals surface area contributed by atoms with E-state index in [0.29, 0.717) is 34.3 Å². The van der Waals surface area contributed by atoms with Gasteiger partial charge in [-0.15, -0.1) is 0 Å². The molecule has 0 bridgehead atoms. The van der Waals surface area contributed by atoms with Crippen LogP contribution in [0.5, 0.6) is 0 Å². The second-order valence-electron chi connectivity index (χ2n) is 5.93. The summed E-state index contributed by atoms with van der Waals surface area (Å²) in [6.45, 7) is 1.63. The molecule has 0 radical (unpaired) electrons. The predicted molar refractivity (Wildman–Crippen MR) is 90.6 cm³/mol.